The van der Waals surface area contributed by atoms with Crippen molar-refractivity contribution in [1.82, 2.24) is 0 Å². The van der Waals surface area contributed by atoms with Crippen LogP contribution in [0, 0.1) is 0 Å². The van der Waals surface area contributed by atoms with Crippen LogP contribution in [-0.4, -0.2) is 38.0 Å². The fraction of sp³-hybridized carbons (Fsp3) is 0.500. The number of ether oxygens (including phenoxy) is 1. The predicted octanol–water partition coefficient (Wildman–Crippen LogP) is 2.12. The SMILES string of the molecule is O=C(O)c1cccc(S(=O)(=O)CCOC2CCCC2)c1. The molecule has 110 valence electrons. The van der Waals surface area contributed by atoms with Crippen molar-refractivity contribution in [3.63, 3.8) is 0 Å². The molecule has 1 N–H and O–H groups in total. The van der Waals surface area contributed by atoms with Gasteiger partial charge in [-0.05, 0) is 31.0 Å². The van der Waals surface area contributed by atoms with Crippen LogP contribution >= 0.6 is 0 Å². The highest BCUT2D eigenvalue weighted by Crippen LogP contribution is 2.21. The Bertz CT molecular complexity index is 573. The van der Waals surface area contributed by atoms with Gasteiger partial charge in [-0.15, -0.1) is 0 Å². The molecule has 6 heteroatoms. The number of benzene rings is 1. The van der Waals surface area contributed by atoms with Crippen molar-refractivity contribution >= 4 is 15.8 Å². The summed E-state index contributed by atoms with van der Waals surface area (Å²) in [5.41, 5.74) is -0.0252. The molecule has 0 atom stereocenters. The van der Waals surface area contributed by atoms with Gasteiger partial charge in [-0.2, -0.15) is 0 Å². The van der Waals surface area contributed by atoms with E-state index in [1.807, 2.05) is 0 Å². The first-order valence-electron chi connectivity index (χ1n) is 6.67. The predicted molar refractivity (Wildman–Crippen MR) is 73.7 cm³/mol. The maximum atomic E-state index is 12.1. The number of hydrogen-bond donors (Lipinski definition) is 1. The molecule has 5 nitrogen and oxygen atoms in total. The first-order valence-corrected chi connectivity index (χ1v) is 8.32. The highest BCUT2D eigenvalue weighted by atomic mass is 32.2. The van der Waals surface area contributed by atoms with Crippen molar-refractivity contribution in [2.45, 2.75) is 36.7 Å². The molecule has 0 aromatic heterocycles. The molecule has 0 unspecified atom stereocenters. The summed E-state index contributed by atoms with van der Waals surface area (Å²) in [6.07, 6.45) is 4.44. The van der Waals surface area contributed by atoms with Crippen LogP contribution in [0.3, 0.4) is 0 Å². The molecule has 0 bridgehead atoms. The van der Waals surface area contributed by atoms with E-state index in [2.05, 4.69) is 0 Å². The van der Waals surface area contributed by atoms with Crippen molar-refractivity contribution in [2.75, 3.05) is 12.4 Å². The second kappa shape index (κ2) is 6.37. The lowest BCUT2D eigenvalue weighted by Gasteiger charge is -2.11. The zero-order valence-corrected chi connectivity index (χ0v) is 11.9. The lowest BCUT2D eigenvalue weighted by molar-refractivity contribution is 0.0694. The Morgan fingerprint density at radius 2 is 2.00 bits per heavy atom. The molecule has 1 aromatic rings. The van der Waals surface area contributed by atoms with Gasteiger partial charge in [-0.1, -0.05) is 18.9 Å². The molecule has 0 spiro atoms. The molecule has 0 radical (unpaired) electrons. The maximum Gasteiger partial charge on any atom is 0.335 e. The van der Waals surface area contributed by atoms with Crippen molar-refractivity contribution in [3.8, 4) is 0 Å². The molecule has 0 aliphatic heterocycles. The Hall–Kier alpha value is -1.40. The zero-order valence-electron chi connectivity index (χ0n) is 11.1. The summed E-state index contributed by atoms with van der Waals surface area (Å²) in [5.74, 6) is -1.25. The van der Waals surface area contributed by atoms with Crippen LogP contribution in [0.5, 0.6) is 0 Å². The number of carboxylic acids is 1. The van der Waals surface area contributed by atoms with Crippen molar-refractivity contribution < 1.29 is 23.1 Å². The molecular formula is C14H18O5S. The largest absolute Gasteiger partial charge is 0.478 e. The number of aromatic carboxylic acids is 1. The average Bonchev–Trinajstić information content (AvgIpc) is 2.92. The van der Waals surface area contributed by atoms with Gasteiger partial charge in [-0.3, -0.25) is 0 Å². The van der Waals surface area contributed by atoms with E-state index in [1.165, 1.54) is 24.3 Å². The Morgan fingerprint density at radius 1 is 1.30 bits per heavy atom. The van der Waals surface area contributed by atoms with Gasteiger partial charge in [-0.25, -0.2) is 13.2 Å². The first-order chi connectivity index (χ1) is 9.49. The van der Waals surface area contributed by atoms with Gasteiger partial charge >= 0.3 is 5.97 Å². The Morgan fingerprint density at radius 3 is 2.65 bits per heavy atom. The third-order valence-corrected chi connectivity index (χ3v) is 5.12. The minimum atomic E-state index is -3.50. The van der Waals surface area contributed by atoms with E-state index in [0.29, 0.717) is 0 Å². The van der Waals surface area contributed by atoms with Crippen LogP contribution in [0.25, 0.3) is 0 Å². The standard InChI is InChI=1S/C14H18O5S/c15-14(16)11-4-3-7-13(10-11)20(17,18)9-8-19-12-5-1-2-6-12/h3-4,7,10,12H,1-2,5-6,8-9H2,(H,15,16). The number of carbonyl (C=O) groups is 1. The summed E-state index contributed by atoms with van der Waals surface area (Å²) in [7, 11) is -3.50. The van der Waals surface area contributed by atoms with E-state index >= 15 is 0 Å². The second-order valence-electron chi connectivity index (χ2n) is 4.93. The summed E-state index contributed by atoms with van der Waals surface area (Å²) in [6, 6.07) is 5.41. The van der Waals surface area contributed by atoms with Gasteiger partial charge in [0.1, 0.15) is 0 Å². The fourth-order valence-corrected chi connectivity index (χ4v) is 3.46. The molecule has 1 aromatic carbocycles. The third-order valence-electron chi connectivity index (χ3n) is 3.45. The van der Waals surface area contributed by atoms with Crippen LogP contribution in [0.2, 0.25) is 0 Å². The number of sulfone groups is 1. The average molecular weight is 298 g/mol. The maximum absolute atomic E-state index is 12.1. The van der Waals surface area contributed by atoms with Gasteiger partial charge in [0.15, 0.2) is 9.84 Å². The summed E-state index contributed by atoms with van der Waals surface area (Å²) in [4.78, 5) is 10.9. The van der Waals surface area contributed by atoms with Crippen molar-refractivity contribution in [1.29, 1.82) is 0 Å². The summed E-state index contributed by atoms with van der Waals surface area (Å²) in [6.45, 7) is 0.157. The van der Waals surface area contributed by atoms with Crippen molar-refractivity contribution in [3.05, 3.63) is 29.8 Å². The highest BCUT2D eigenvalue weighted by molar-refractivity contribution is 7.91. The third kappa shape index (κ3) is 3.80. The van der Waals surface area contributed by atoms with Crippen LogP contribution in [-0.2, 0) is 14.6 Å². The lowest BCUT2D eigenvalue weighted by Crippen LogP contribution is -2.17. The normalized spacial score (nSPS) is 16.4. The topological polar surface area (TPSA) is 80.7 Å². The van der Waals surface area contributed by atoms with E-state index < -0.39 is 15.8 Å². The minimum absolute atomic E-state index is 0.0252. The molecule has 1 aliphatic carbocycles. The second-order valence-corrected chi connectivity index (χ2v) is 7.04. The van der Waals surface area contributed by atoms with Gasteiger partial charge in [0.25, 0.3) is 0 Å². The molecule has 0 saturated heterocycles. The van der Waals surface area contributed by atoms with Crippen LogP contribution < -0.4 is 0 Å². The van der Waals surface area contributed by atoms with E-state index in [1.54, 1.807) is 0 Å². The Kier molecular flexibility index (Phi) is 4.77. The molecule has 0 heterocycles. The van der Waals surface area contributed by atoms with E-state index in [9.17, 15) is 13.2 Å². The lowest BCUT2D eigenvalue weighted by atomic mass is 10.2. The molecule has 0 amide bonds. The summed E-state index contributed by atoms with van der Waals surface area (Å²) in [5, 5.41) is 8.88. The monoisotopic (exact) mass is 298 g/mol. The van der Waals surface area contributed by atoms with Gasteiger partial charge in [0.05, 0.1) is 28.9 Å². The quantitative estimate of drug-likeness (QED) is 0.870. The van der Waals surface area contributed by atoms with Crippen LogP contribution in [0.4, 0.5) is 0 Å². The summed E-state index contributed by atoms with van der Waals surface area (Å²) >= 11 is 0. The van der Waals surface area contributed by atoms with Gasteiger partial charge in [0, 0.05) is 0 Å². The molecule has 1 aliphatic rings. The molecule has 20 heavy (non-hydrogen) atoms. The number of hydrogen-bond acceptors (Lipinski definition) is 4. The van der Waals surface area contributed by atoms with E-state index in [-0.39, 0.29) is 28.9 Å². The molecule has 1 saturated carbocycles. The summed E-state index contributed by atoms with van der Waals surface area (Å²) < 4.78 is 29.8. The Labute approximate surface area is 118 Å². The first kappa shape index (κ1) is 15.0. The Balaban J connectivity index is 1.98. The van der Waals surface area contributed by atoms with E-state index in [4.69, 9.17) is 9.84 Å². The zero-order chi connectivity index (χ0) is 14.6. The van der Waals surface area contributed by atoms with Crippen LogP contribution in [0.15, 0.2) is 29.2 Å². The molecular weight excluding hydrogens is 280 g/mol. The van der Waals surface area contributed by atoms with E-state index in [0.717, 1.165) is 25.7 Å². The fourth-order valence-electron chi connectivity index (χ4n) is 2.32. The molecule has 2 rings (SSSR count). The van der Waals surface area contributed by atoms with Gasteiger partial charge < -0.3 is 9.84 Å². The van der Waals surface area contributed by atoms with Gasteiger partial charge in [0.2, 0.25) is 0 Å². The highest BCUT2D eigenvalue weighted by Gasteiger charge is 2.19. The number of rotatable bonds is 6. The smallest absolute Gasteiger partial charge is 0.335 e. The van der Waals surface area contributed by atoms with Crippen LogP contribution in [0.1, 0.15) is 36.0 Å². The number of carboxylic acid groups (broad SMARTS) is 1. The van der Waals surface area contributed by atoms with Crippen molar-refractivity contribution in [2.24, 2.45) is 0 Å². The minimum Gasteiger partial charge on any atom is -0.478 e. The molecule has 1 fully saturated rings.